The minimum Gasteiger partial charge on any atom is -0.454 e. The first-order valence-electron chi connectivity index (χ1n) is 10.1. The molecule has 0 radical (unpaired) electrons. The average molecular weight is 410 g/mol. The molecule has 7 nitrogen and oxygen atoms in total. The lowest BCUT2D eigenvalue weighted by Gasteiger charge is -2.35. The van der Waals surface area contributed by atoms with Gasteiger partial charge in [0.05, 0.1) is 5.60 Å². The number of ether oxygens (including phenoxy) is 2. The maximum atomic E-state index is 12.8. The van der Waals surface area contributed by atoms with E-state index in [4.69, 9.17) is 9.47 Å². The Labute approximate surface area is 175 Å². The van der Waals surface area contributed by atoms with E-state index in [1.54, 1.807) is 54.0 Å². The highest BCUT2D eigenvalue weighted by Gasteiger charge is 2.27. The van der Waals surface area contributed by atoms with Gasteiger partial charge in [0.2, 0.25) is 6.79 Å². The topological polar surface area (TPSA) is 79.3 Å². The van der Waals surface area contributed by atoms with Crippen LogP contribution in [0.2, 0.25) is 0 Å². The second-order valence-electron chi connectivity index (χ2n) is 8.34. The van der Waals surface area contributed by atoms with Crippen LogP contribution >= 0.6 is 0 Å². The molecule has 158 valence electrons. The molecule has 1 fully saturated rings. The number of hydrogen-bond donors (Lipinski definition) is 1. The maximum absolute atomic E-state index is 12.8. The SMILES string of the molecule is CC(C)(O)Cc1ccc(C(=O)N2CCN(C(=O)c3ccc4c(c3)OCO4)CC2)cc1. The molecule has 4 rings (SSSR count). The van der Waals surface area contributed by atoms with E-state index in [1.807, 2.05) is 12.1 Å². The van der Waals surface area contributed by atoms with Crippen LogP contribution in [0.1, 0.15) is 40.1 Å². The van der Waals surface area contributed by atoms with Crippen molar-refractivity contribution in [2.24, 2.45) is 0 Å². The number of rotatable bonds is 4. The minimum atomic E-state index is -0.785. The van der Waals surface area contributed by atoms with Crippen molar-refractivity contribution in [3.63, 3.8) is 0 Å². The first-order valence-corrected chi connectivity index (χ1v) is 10.1. The Hall–Kier alpha value is -3.06. The van der Waals surface area contributed by atoms with Gasteiger partial charge >= 0.3 is 0 Å². The molecule has 0 spiro atoms. The highest BCUT2D eigenvalue weighted by atomic mass is 16.7. The summed E-state index contributed by atoms with van der Waals surface area (Å²) in [7, 11) is 0. The lowest BCUT2D eigenvalue weighted by Crippen LogP contribution is -2.50. The third-order valence-electron chi connectivity index (χ3n) is 5.31. The van der Waals surface area contributed by atoms with Gasteiger partial charge in [-0.05, 0) is 49.7 Å². The van der Waals surface area contributed by atoms with E-state index in [-0.39, 0.29) is 18.6 Å². The number of carbonyl (C=O) groups is 2. The molecule has 2 aromatic carbocycles. The standard InChI is InChI=1S/C23H26N2O5/c1-23(2,28)14-16-3-5-17(6-4-16)21(26)24-9-11-25(12-10-24)22(27)18-7-8-19-20(13-18)30-15-29-19/h3-8,13,28H,9-12,14-15H2,1-2H3. The number of fused-ring (bicyclic) bond motifs is 1. The summed E-state index contributed by atoms with van der Waals surface area (Å²) in [5, 5.41) is 9.93. The molecule has 0 aliphatic carbocycles. The second kappa shape index (κ2) is 7.99. The van der Waals surface area contributed by atoms with E-state index in [0.29, 0.717) is 55.2 Å². The Morgan fingerprint density at radius 2 is 1.40 bits per heavy atom. The molecule has 2 aliphatic heterocycles. The van der Waals surface area contributed by atoms with Crippen LogP contribution in [0.5, 0.6) is 11.5 Å². The number of benzene rings is 2. The van der Waals surface area contributed by atoms with Crippen LogP contribution in [-0.4, -0.2) is 65.3 Å². The van der Waals surface area contributed by atoms with Crippen molar-refractivity contribution in [2.45, 2.75) is 25.9 Å². The van der Waals surface area contributed by atoms with Crippen LogP contribution < -0.4 is 9.47 Å². The summed E-state index contributed by atoms with van der Waals surface area (Å²) in [5.41, 5.74) is 1.37. The van der Waals surface area contributed by atoms with E-state index in [9.17, 15) is 14.7 Å². The van der Waals surface area contributed by atoms with Crippen molar-refractivity contribution in [2.75, 3.05) is 33.0 Å². The van der Waals surface area contributed by atoms with E-state index in [0.717, 1.165) is 5.56 Å². The van der Waals surface area contributed by atoms with Crippen molar-refractivity contribution >= 4 is 11.8 Å². The molecule has 1 N–H and O–H groups in total. The van der Waals surface area contributed by atoms with Crippen molar-refractivity contribution in [3.05, 3.63) is 59.2 Å². The highest BCUT2D eigenvalue weighted by Crippen LogP contribution is 2.32. The Bertz CT molecular complexity index is 941. The highest BCUT2D eigenvalue weighted by molar-refractivity contribution is 5.96. The van der Waals surface area contributed by atoms with Crippen molar-refractivity contribution in [3.8, 4) is 11.5 Å². The summed E-state index contributed by atoms with van der Waals surface area (Å²) >= 11 is 0. The van der Waals surface area contributed by atoms with Gasteiger partial charge in [0.25, 0.3) is 11.8 Å². The molecule has 0 saturated carbocycles. The lowest BCUT2D eigenvalue weighted by atomic mass is 9.98. The monoisotopic (exact) mass is 410 g/mol. The molecule has 0 unspecified atom stereocenters. The smallest absolute Gasteiger partial charge is 0.254 e. The molecular weight excluding hydrogens is 384 g/mol. The second-order valence-corrected chi connectivity index (χ2v) is 8.34. The Kier molecular flexibility index (Phi) is 5.39. The molecule has 7 heteroatoms. The predicted molar refractivity (Wildman–Crippen MR) is 111 cm³/mol. The van der Waals surface area contributed by atoms with Crippen molar-refractivity contribution in [1.82, 2.24) is 9.80 Å². The molecule has 0 bridgehead atoms. The summed E-state index contributed by atoms with van der Waals surface area (Å²) in [6, 6.07) is 12.5. The van der Waals surface area contributed by atoms with Gasteiger partial charge in [0, 0.05) is 43.7 Å². The molecule has 2 amide bonds. The van der Waals surface area contributed by atoms with E-state index in [1.165, 1.54) is 0 Å². The summed E-state index contributed by atoms with van der Waals surface area (Å²) < 4.78 is 10.6. The number of piperazine rings is 1. The van der Waals surface area contributed by atoms with Crippen LogP contribution in [-0.2, 0) is 6.42 Å². The van der Waals surface area contributed by atoms with Gasteiger partial charge in [0.15, 0.2) is 11.5 Å². The van der Waals surface area contributed by atoms with E-state index in [2.05, 4.69) is 0 Å². The van der Waals surface area contributed by atoms with Crippen LogP contribution in [0.4, 0.5) is 0 Å². The maximum Gasteiger partial charge on any atom is 0.254 e. The largest absolute Gasteiger partial charge is 0.454 e. The van der Waals surface area contributed by atoms with Crippen LogP contribution in [0, 0.1) is 0 Å². The minimum absolute atomic E-state index is 0.0417. The Balaban J connectivity index is 1.35. The third-order valence-corrected chi connectivity index (χ3v) is 5.31. The quantitative estimate of drug-likeness (QED) is 0.837. The molecule has 30 heavy (non-hydrogen) atoms. The van der Waals surface area contributed by atoms with Crippen LogP contribution in [0.15, 0.2) is 42.5 Å². The van der Waals surface area contributed by atoms with Crippen LogP contribution in [0.25, 0.3) is 0 Å². The van der Waals surface area contributed by atoms with Gasteiger partial charge < -0.3 is 24.4 Å². The zero-order chi connectivity index (χ0) is 21.3. The summed E-state index contributed by atoms with van der Waals surface area (Å²) in [5.74, 6) is 1.12. The normalized spacial score (nSPS) is 16.0. The number of nitrogens with zero attached hydrogens (tertiary/aromatic N) is 2. The molecule has 1 saturated heterocycles. The van der Waals surface area contributed by atoms with Crippen molar-refractivity contribution < 1.29 is 24.2 Å². The number of aliphatic hydroxyl groups is 1. The Morgan fingerprint density at radius 1 is 0.867 bits per heavy atom. The number of carbonyl (C=O) groups excluding carboxylic acids is 2. The van der Waals surface area contributed by atoms with Crippen LogP contribution in [0.3, 0.4) is 0 Å². The molecule has 2 heterocycles. The van der Waals surface area contributed by atoms with Gasteiger partial charge in [-0.1, -0.05) is 12.1 Å². The predicted octanol–water partition coefficient (Wildman–Crippen LogP) is 2.33. The lowest BCUT2D eigenvalue weighted by molar-refractivity contribution is 0.0535. The van der Waals surface area contributed by atoms with E-state index >= 15 is 0 Å². The molecule has 0 aromatic heterocycles. The summed E-state index contributed by atoms with van der Waals surface area (Å²) in [6.45, 7) is 5.63. The summed E-state index contributed by atoms with van der Waals surface area (Å²) in [4.78, 5) is 29.1. The number of hydrogen-bond acceptors (Lipinski definition) is 5. The van der Waals surface area contributed by atoms with Gasteiger partial charge in [-0.2, -0.15) is 0 Å². The molecule has 2 aliphatic rings. The fourth-order valence-electron chi connectivity index (χ4n) is 3.77. The Morgan fingerprint density at radius 3 is 2.00 bits per heavy atom. The first kappa shape index (κ1) is 20.2. The molecular formula is C23H26N2O5. The molecule has 2 aromatic rings. The van der Waals surface area contributed by atoms with Gasteiger partial charge in [-0.25, -0.2) is 0 Å². The fraction of sp³-hybridized carbons (Fsp3) is 0.391. The van der Waals surface area contributed by atoms with Crippen molar-refractivity contribution in [1.29, 1.82) is 0 Å². The van der Waals surface area contributed by atoms with E-state index < -0.39 is 5.60 Å². The molecule has 0 atom stereocenters. The van der Waals surface area contributed by atoms with Gasteiger partial charge in [-0.15, -0.1) is 0 Å². The summed E-state index contributed by atoms with van der Waals surface area (Å²) in [6.07, 6.45) is 0.530. The first-order chi connectivity index (χ1) is 14.3. The third kappa shape index (κ3) is 4.41. The zero-order valence-electron chi connectivity index (χ0n) is 17.3. The zero-order valence-corrected chi connectivity index (χ0v) is 17.3. The number of amides is 2. The van der Waals surface area contributed by atoms with Gasteiger partial charge in [-0.3, -0.25) is 9.59 Å². The van der Waals surface area contributed by atoms with Gasteiger partial charge in [0.1, 0.15) is 0 Å². The average Bonchev–Trinajstić information content (AvgIpc) is 3.20. The fourth-order valence-corrected chi connectivity index (χ4v) is 3.77.